The molecule has 1 aliphatic heterocycles. The molecule has 0 radical (unpaired) electrons. The third-order valence-corrected chi connectivity index (χ3v) is 2.77. The van der Waals surface area contributed by atoms with Crippen molar-refractivity contribution in [2.75, 3.05) is 12.4 Å². The Morgan fingerprint density at radius 2 is 2.33 bits per heavy atom. The molecule has 2 unspecified atom stereocenters. The van der Waals surface area contributed by atoms with Gasteiger partial charge in [-0.25, -0.2) is 4.39 Å². The van der Waals surface area contributed by atoms with Gasteiger partial charge in [-0.05, 0) is 0 Å². The highest BCUT2D eigenvalue weighted by Crippen LogP contribution is 2.28. The molecule has 0 spiro atoms. The number of thioether (sulfide) groups is 1. The van der Waals surface area contributed by atoms with Crippen molar-refractivity contribution >= 4 is 11.8 Å². The molecule has 0 bridgehead atoms. The van der Waals surface area contributed by atoms with Crippen LogP contribution in [0.15, 0.2) is 0 Å². The fourth-order valence-corrected chi connectivity index (χ4v) is 1.91. The fourth-order valence-electron chi connectivity index (χ4n) is 0.806. The summed E-state index contributed by atoms with van der Waals surface area (Å²) in [6.45, 7) is -0.133. The van der Waals surface area contributed by atoms with Crippen LogP contribution in [0.1, 0.15) is 0 Å². The molecule has 54 valence electrons. The molecule has 4 heteroatoms. The van der Waals surface area contributed by atoms with Gasteiger partial charge in [-0.3, -0.25) is 0 Å². The summed E-state index contributed by atoms with van der Waals surface area (Å²) in [5.74, 6) is 0.312. The van der Waals surface area contributed by atoms with Gasteiger partial charge < -0.3 is 10.2 Å². The Balaban J connectivity index is 2.41. The van der Waals surface area contributed by atoms with Crippen LogP contribution in [-0.4, -0.2) is 40.1 Å². The second-order valence-corrected chi connectivity index (χ2v) is 3.33. The van der Waals surface area contributed by atoms with Crippen LogP contribution in [0.4, 0.5) is 4.39 Å². The molecule has 0 aromatic heterocycles. The van der Waals surface area contributed by atoms with Crippen molar-refractivity contribution in [3.63, 3.8) is 0 Å². The number of alkyl halides is 1. The largest absolute Gasteiger partial charge is 0.395 e. The van der Waals surface area contributed by atoms with Crippen LogP contribution in [0.3, 0.4) is 0 Å². The summed E-state index contributed by atoms with van der Waals surface area (Å²) in [5, 5.41) is 17.1. The fraction of sp³-hybridized carbons (Fsp3) is 1.00. The van der Waals surface area contributed by atoms with Crippen molar-refractivity contribution in [3.8, 4) is 0 Å². The second kappa shape index (κ2) is 2.86. The molecule has 1 saturated heterocycles. The number of aliphatic hydroxyl groups is 2. The predicted molar refractivity (Wildman–Crippen MR) is 34.2 cm³/mol. The van der Waals surface area contributed by atoms with Gasteiger partial charge in [-0.1, -0.05) is 0 Å². The molecule has 1 rings (SSSR count). The van der Waals surface area contributed by atoms with Gasteiger partial charge in [0.15, 0.2) is 0 Å². The Morgan fingerprint density at radius 1 is 1.67 bits per heavy atom. The number of aliphatic hydroxyl groups excluding tert-OH is 2. The first-order valence-electron chi connectivity index (χ1n) is 2.80. The lowest BCUT2D eigenvalue weighted by Crippen LogP contribution is -2.28. The summed E-state index contributed by atoms with van der Waals surface area (Å²) in [6, 6.07) is 0. The van der Waals surface area contributed by atoms with Crippen LogP contribution in [0.2, 0.25) is 0 Å². The normalized spacial score (nSPS) is 43.7. The Bertz CT molecular complexity index is 101. The molecule has 0 aromatic rings. The average Bonchev–Trinajstić information content (AvgIpc) is 2.15. The molecule has 0 aromatic carbocycles. The molecule has 0 aliphatic carbocycles. The van der Waals surface area contributed by atoms with Crippen LogP contribution in [-0.2, 0) is 0 Å². The van der Waals surface area contributed by atoms with E-state index in [-0.39, 0.29) is 11.9 Å². The van der Waals surface area contributed by atoms with E-state index in [4.69, 9.17) is 10.2 Å². The summed E-state index contributed by atoms with van der Waals surface area (Å²) in [5.41, 5.74) is 0. The summed E-state index contributed by atoms with van der Waals surface area (Å²) < 4.78 is 12.4. The van der Waals surface area contributed by atoms with E-state index < -0.39 is 12.3 Å². The highest BCUT2D eigenvalue weighted by atomic mass is 32.2. The summed E-state index contributed by atoms with van der Waals surface area (Å²) in [6.07, 6.45) is -2.10. The Morgan fingerprint density at radius 3 is 2.56 bits per heavy atom. The summed E-state index contributed by atoms with van der Waals surface area (Å²) in [7, 11) is 0. The highest BCUT2D eigenvalue weighted by molar-refractivity contribution is 8.00. The quantitative estimate of drug-likeness (QED) is 0.546. The predicted octanol–water partition coefficient (Wildman–Crippen LogP) is -0.207. The van der Waals surface area contributed by atoms with Gasteiger partial charge in [0.05, 0.1) is 11.9 Å². The van der Waals surface area contributed by atoms with E-state index in [1.807, 2.05) is 0 Å². The van der Waals surface area contributed by atoms with E-state index >= 15 is 0 Å². The lowest BCUT2D eigenvalue weighted by Gasteiger charge is -2.09. The minimum Gasteiger partial charge on any atom is -0.395 e. The zero-order valence-electron chi connectivity index (χ0n) is 4.83. The van der Waals surface area contributed by atoms with Gasteiger partial charge in [0.2, 0.25) is 0 Å². The Kier molecular flexibility index (Phi) is 2.32. The van der Waals surface area contributed by atoms with Gasteiger partial charge in [0.25, 0.3) is 0 Å². The lowest BCUT2D eigenvalue weighted by atomic mass is 10.2. The van der Waals surface area contributed by atoms with E-state index in [1.54, 1.807) is 0 Å². The zero-order valence-corrected chi connectivity index (χ0v) is 5.64. The molecular formula is C5H9FO2S. The van der Waals surface area contributed by atoms with Crippen LogP contribution >= 0.6 is 11.8 Å². The van der Waals surface area contributed by atoms with Crippen molar-refractivity contribution in [2.24, 2.45) is 0 Å². The number of hydrogen-bond donors (Lipinski definition) is 2. The first-order chi connectivity index (χ1) is 4.25. The van der Waals surface area contributed by atoms with E-state index in [0.717, 1.165) is 0 Å². The molecule has 0 saturated carbocycles. The summed E-state index contributed by atoms with van der Waals surface area (Å²) >= 11 is 1.28. The third-order valence-electron chi connectivity index (χ3n) is 1.40. The van der Waals surface area contributed by atoms with Crippen LogP contribution < -0.4 is 0 Å². The number of halogens is 1. The molecular weight excluding hydrogens is 143 g/mol. The van der Waals surface area contributed by atoms with Crippen LogP contribution in [0.5, 0.6) is 0 Å². The van der Waals surface area contributed by atoms with E-state index in [2.05, 4.69) is 0 Å². The third kappa shape index (κ3) is 1.36. The van der Waals surface area contributed by atoms with Gasteiger partial charge in [0, 0.05) is 5.75 Å². The lowest BCUT2D eigenvalue weighted by molar-refractivity contribution is 0.0816. The average molecular weight is 152 g/mol. The van der Waals surface area contributed by atoms with Crippen molar-refractivity contribution in [1.29, 1.82) is 0 Å². The van der Waals surface area contributed by atoms with Crippen LogP contribution in [0.25, 0.3) is 0 Å². The minimum absolute atomic E-state index is 0.133. The Labute approximate surface area is 57.1 Å². The van der Waals surface area contributed by atoms with E-state index in [1.165, 1.54) is 11.8 Å². The Hall–Kier alpha value is 0.200. The molecule has 0 amide bonds. The molecule has 2 N–H and O–H groups in total. The molecule has 1 fully saturated rings. The van der Waals surface area contributed by atoms with Gasteiger partial charge >= 0.3 is 0 Å². The van der Waals surface area contributed by atoms with Gasteiger partial charge in [0.1, 0.15) is 12.3 Å². The maximum atomic E-state index is 12.4. The number of rotatable bonds is 1. The maximum absolute atomic E-state index is 12.4. The maximum Gasteiger partial charge on any atom is 0.136 e. The first-order valence-corrected chi connectivity index (χ1v) is 3.85. The van der Waals surface area contributed by atoms with E-state index in [9.17, 15) is 4.39 Å². The standard InChI is InChI=1S/C5H9FO2S/c6-3-2-9-4(1-7)5(3)8/h3-5,7-8H,1-2H2/t3?,4?,5-/m0/s1. The SMILES string of the molecule is OCC1SCC(F)[C@@H]1O. The molecule has 1 aliphatic rings. The van der Waals surface area contributed by atoms with Gasteiger partial charge in [-0.2, -0.15) is 11.8 Å². The van der Waals surface area contributed by atoms with Crippen molar-refractivity contribution in [2.45, 2.75) is 17.5 Å². The minimum atomic E-state index is -1.15. The smallest absolute Gasteiger partial charge is 0.136 e. The van der Waals surface area contributed by atoms with Crippen molar-refractivity contribution in [1.82, 2.24) is 0 Å². The van der Waals surface area contributed by atoms with Crippen LogP contribution in [0, 0.1) is 0 Å². The topological polar surface area (TPSA) is 40.5 Å². The van der Waals surface area contributed by atoms with Crippen molar-refractivity contribution < 1.29 is 14.6 Å². The zero-order chi connectivity index (χ0) is 6.85. The highest BCUT2D eigenvalue weighted by Gasteiger charge is 2.34. The second-order valence-electron chi connectivity index (χ2n) is 2.06. The van der Waals surface area contributed by atoms with Crippen molar-refractivity contribution in [3.05, 3.63) is 0 Å². The molecule has 1 heterocycles. The monoisotopic (exact) mass is 152 g/mol. The molecule has 2 nitrogen and oxygen atoms in total. The summed E-state index contributed by atoms with van der Waals surface area (Å²) in [4.78, 5) is 0. The van der Waals surface area contributed by atoms with Gasteiger partial charge in [-0.15, -0.1) is 0 Å². The number of hydrogen-bond acceptors (Lipinski definition) is 3. The first kappa shape index (κ1) is 7.31. The molecule has 3 atom stereocenters. The van der Waals surface area contributed by atoms with E-state index in [0.29, 0.717) is 5.75 Å². The molecule has 9 heavy (non-hydrogen) atoms.